The summed E-state index contributed by atoms with van der Waals surface area (Å²) in [5.41, 5.74) is -0.0934. The summed E-state index contributed by atoms with van der Waals surface area (Å²) in [6.45, 7) is 0. The summed E-state index contributed by atoms with van der Waals surface area (Å²) in [6, 6.07) is 7.63. The minimum absolute atomic E-state index is 0.0934. The summed E-state index contributed by atoms with van der Waals surface area (Å²) in [4.78, 5) is 2.12. The Morgan fingerprint density at radius 1 is 1.04 bits per heavy atom. The normalized spacial score (nSPS) is 12.3. The van der Waals surface area contributed by atoms with Gasteiger partial charge in [-0.3, -0.25) is 0 Å². The summed E-state index contributed by atoms with van der Waals surface area (Å²) >= 11 is 0. The molecular formula is C15H6F5N2O3S. The fraction of sp³-hybridized carbons (Fsp3) is 0.0667. The lowest BCUT2D eigenvalue weighted by molar-refractivity contribution is -0.159. The average Bonchev–Trinajstić information content (AvgIpc) is 3.08. The van der Waals surface area contributed by atoms with Crippen molar-refractivity contribution in [3.8, 4) is 11.4 Å². The van der Waals surface area contributed by atoms with E-state index in [1.54, 1.807) is 0 Å². The predicted molar refractivity (Wildman–Crippen MR) is 75.4 cm³/mol. The molecule has 0 aliphatic rings. The molecule has 26 heavy (non-hydrogen) atoms. The van der Waals surface area contributed by atoms with Crippen LogP contribution < -0.4 is 0 Å². The number of alkyl halides is 3. The maximum Gasteiger partial charge on any atom is 0.471 e. The Hall–Kier alpha value is -2.82. The van der Waals surface area contributed by atoms with E-state index in [1.165, 1.54) is 6.07 Å². The highest BCUT2D eigenvalue weighted by Crippen LogP contribution is 2.30. The van der Waals surface area contributed by atoms with Crippen molar-refractivity contribution in [2.75, 3.05) is 0 Å². The maximum absolute atomic E-state index is 13.3. The van der Waals surface area contributed by atoms with Crippen molar-refractivity contribution < 1.29 is 34.9 Å². The Morgan fingerprint density at radius 2 is 1.77 bits per heavy atom. The minimum Gasteiger partial charge on any atom is -0.329 e. The highest BCUT2D eigenvalue weighted by Gasteiger charge is 2.38. The van der Waals surface area contributed by atoms with Gasteiger partial charge in [-0.15, -0.1) is 0 Å². The molecule has 0 unspecified atom stereocenters. The van der Waals surface area contributed by atoms with Crippen molar-refractivity contribution in [2.24, 2.45) is 0 Å². The standard InChI is InChI=1S/C15H6F5N2O3S/c16-11-5-4-10(7-12(11)17)26(23,24)9-3-1-2-8(6-9)13-21-14(25-22-13)15(18,19)20/h1-2,4-7H. The molecule has 1 aromatic heterocycles. The molecule has 3 rings (SSSR count). The van der Waals surface area contributed by atoms with Crippen LogP contribution in [0.5, 0.6) is 0 Å². The van der Waals surface area contributed by atoms with Gasteiger partial charge in [0.25, 0.3) is 0 Å². The number of aromatic nitrogens is 2. The van der Waals surface area contributed by atoms with Crippen LogP contribution in [0.3, 0.4) is 0 Å². The average molecular weight is 389 g/mol. The van der Waals surface area contributed by atoms with E-state index in [0.29, 0.717) is 12.1 Å². The van der Waals surface area contributed by atoms with Gasteiger partial charge in [-0.25, -0.2) is 17.2 Å². The van der Waals surface area contributed by atoms with Gasteiger partial charge in [-0.1, -0.05) is 17.3 Å². The van der Waals surface area contributed by atoms with E-state index in [4.69, 9.17) is 0 Å². The topological polar surface area (TPSA) is 73.1 Å². The van der Waals surface area contributed by atoms with E-state index in [9.17, 15) is 30.4 Å². The number of sulfone groups is 1. The van der Waals surface area contributed by atoms with Crippen LogP contribution in [0.1, 0.15) is 5.89 Å². The third-order valence-electron chi connectivity index (χ3n) is 3.19. The molecular weight excluding hydrogens is 383 g/mol. The van der Waals surface area contributed by atoms with Crippen LogP contribution in [-0.2, 0) is 16.0 Å². The molecule has 0 spiro atoms. The summed E-state index contributed by atoms with van der Waals surface area (Å²) in [5, 5.41) is 3.15. The molecule has 5 nitrogen and oxygen atoms in total. The molecule has 3 aromatic rings. The second-order valence-corrected chi connectivity index (χ2v) is 6.86. The number of hydrogen-bond acceptors (Lipinski definition) is 5. The second kappa shape index (κ2) is 6.16. The number of rotatable bonds is 3. The largest absolute Gasteiger partial charge is 0.471 e. The van der Waals surface area contributed by atoms with Crippen LogP contribution in [0.2, 0.25) is 0 Å². The summed E-state index contributed by atoms with van der Waals surface area (Å²) in [7, 11) is -4.30. The lowest BCUT2D eigenvalue weighted by atomic mass is 10.2. The predicted octanol–water partition coefficient (Wildman–Crippen LogP) is 3.67. The maximum atomic E-state index is 13.3. The monoisotopic (exact) mass is 389 g/mol. The molecule has 135 valence electrons. The Balaban J connectivity index is 2.04. The third kappa shape index (κ3) is 3.29. The van der Waals surface area contributed by atoms with Gasteiger partial charge in [0.15, 0.2) is 11.6 Å². The van der Waals surface area contributed by atoms with Crippen LogP contribution >= 0.6 is 0 Å². The molecule has 2 aromatic carbocycles. The highest BCUT2D eigenvalue weighted by atomic mass is 32.2. The molecule has 0 aliphatic heterocycles. The number of hydrogen-bond donors (Lipinski definition) is 0. The van der Waals surface area contributed by atoms with Gasteiger partial charge in [-0.05, 0) is 24.3 Å². The quantitative estimate of drug-likeness (QED) is 0.505. The number of halogens is 5. The van der Waals surface area contributed by atoms with Gasteiger partial charge in [0.05, 0.1) is 9.79 Å². The van der Waals surface area contributed by atoms with E-state index < -0.39 is 49.2 Å². The fourth-order valence-electron chi connectivity index (χ4n) is 1.97. The summed E-state index contributed by atoms with van der Waals surface area (Å²) in [6.07, 6.45) is -4.85. The molecule has 0 fully saturated rings. The Bertz CT molecular complexity index is 1080. The van der Waals surface area contributed by atoms with E-state index in [-0.39, 0.29) is 5.56 Å². The molecule has 0 amide bonds. The zero-order valence-corrected chi connectivity index (χ0v) is 13.2. The molecule has 1 radical (unpaired) electrons. The van der Waals surface area contributed by atoms with Gasteiger partial charge >= 0.3 is 12.1 Å². The van der Waals surface area contributed by atoms with Gasteiger partial charge in [0, 0.05) is 11.6 Å². The lowest BCUT2D eigenvalue weighted by Gasteiger charge is -2.06. The molecule has 1 heterocycles. The van der Waals surface area contributed by atoms with Crippen LogP contribution in [-0.4, -0.2) is 18.6 Å². The first-order valence-electron chi connectivity index (χ1n) is 6.72. The molecule has 0 atom stereocenters. The smallest absolute Gasteiger partial charge is 0.329 e. The van der Waals surface area contributed by atoms with Crippen molar-refractivity contribution >= 4 is 9.84 Å². The number of benzene rings is 2. The van der Waals surface area contributed by atoms with E-state index in [1.807, 2.05) is 0 Å². The van der Waals surface area contributed by atoms with Gasteiger partial charge < -0.3 is 4.52 Å². The Kier molecular flexibility index (Phi) is 4.26. The van der Waals surface area contributed by atoms with E-state index in [2.05, 4.69) is 20.7 Å². The lowest BCUT2D eigenvalue weighted by Crippen LogP contribution is -2.05. The van der Waals surface area contributed by atoms with Crippen LogP contribution in [0.15, 0.2) is 50.7 Å². The zero-order valence-electron chi connectivity index (χ0n) is 12.4. The molecule has 11 heteroatoms. The molecule has 0 aliphatic carbocycles. The molecule has 0 saturated carbocycles. The summed E-state index contributed by atoms with van der Waals surface area (Å²) in [5.74, 6) is -4.68. The SMILES string of the molecule is O=S(=O)(c1[c]ccc(-c2noc(C(F)(F)F)n2)c1)c1ccc(F)c(F)c1. The van der Waals surface area contributed by atoms with E-state index in [0.717, 1.165) is 18.2 Å². The van der Waals surface area contributed by atoms with Gasteiger partial charge in [0.2, 0.25) is 15.7 Å². The van der Waals surface area contributed by atoms with Crippen molar-refractivity contribution in [2.45, 2.75) is 16.0 Å². The number of nitrogens with zero attached hydrogens (tertiary/aromatic N) is 2. The van der Waals surface area contributed by atoms with Crippen molar-refractivity contribution in [1.82, 2.24) is 10.1 Å². The minimum atomic E-state index is -4.85. The van der Waals surface area contributed by atoms with Gasteiger partial charge in [-0.2, -0.15) is 18.2 Å². The first-order valence-corrected chi connectivity index (χ1v) is 8.20. The van der Waals surface area contributed by atoms with Crippen LogP contribution in [0, 0.1) is 17.7 Å². The van der Waals surface area contributed by atoms with Crippen molar-refractivity contribution in [3.63, 3.8) is 0 Å². The Labute approximate surface area is 143 Å². The van der Waals surface area contributed by atoms with Crippen molar-refractivity contribution in [3.05, 3.63) is 60.0 Å². The summed E-state index contributed by atoms with van der Waals surface area (Å²) < 4.78 is 92.9. The van der Waals surface area contributed by atoms with Crippen molar-refractivity contribution in [1.29, 1.82) is 0 Å². The molecule has 0 saturated heterocycles. The molecule has 0 N–H and O–H groups in total. The Morgan fingerprint density at radius 3 is 2.38 bits per heavy atom. The highest BCUT2D eigenvalue weighted by molar-refractivity contribution is 7.91. The zero-order chi connectivity index (χ0) is 19.1. The van der Waals surface area contributed by atoms with Gasteiger partial charge in [0.1, 0.15) is 0 Å². The van der Waals surface area contributed by atoms with Crippen LogP contribution in [0.4, 0.5) is 22.0 Å². The molecule has 0 bridgehead atoms. The first-order chi connectivity index (χ1) is 12.1. The fourth-order valence-corrected chi connectivity index (χ4v) is 3.23. The third-order valence-corrected chi connectivity index (χ3v) is 4.88. The van der Waals surface area contributed by atoms with E-state index >= 15 is 0 Å². The van der Waals surface area contributed by atoms with Crippen LogP contribution in [0.25, 0.3) is 11.4 Å². The first kappa shape index (κ1) is 18.0. The second-order valence-electron chi connectivity index (χ2n) is 4.94.